The lowest BCUT2D eigenvalue weighted by molar-refractivity contribution is 0.0673. The third-order valence-electron chi connectivity index (χ3n) is 5.42. The smallest absolute Gasteiger partial charge is 0.0647 e. The first-order valence-electron chi connectivity index (χ1n) is 10.2. The van der Waals surface area contributed by atoms with Gasteiger partial charge in [-0.3, -0.25) is 0 Å². The number of benzene rings is 1. The Bertz CT molecular complexity index is 667. The Kier molecular flexibility index (Phi) is 6.55. The molecular weight excluding hydrogens is 336 g/mol. The van der Waals surface area contributed by atoms with Crippen molar-refractivity contribution in [2.75, 3.05) is 18.0 Å². The maximum Gasteiger partial charge on any atom is 0.0647 e. The van der Waals surface area contributed by atoms with Crippen LogP contribution < -0.4 is 10.2 Å². The molecule has 1 aliphatic heterocycles. The van der Waals surface area contributed by atoms with Crippen molar-refractivity contribution in [2.24, 2.45) is 0 Å². The van der Waals surface area contributed by atoms with Gasteiger partial charge in [-0.05, 0) is 83.2 Å². The minimum absolute atomic E-state index is 0.511. The molecule has 148 valence electrons. The van der Waals surface area contributed by atoms with Crippen molar-refractivity contribution in [1.82, 2.24) is 15.1 Å². The van der Waals surface area contributed by atoms with Crippen LogP contribution >= 0.6 is 0 Å². The summed E-state index contributed by atoms with van der Waals surface area (Å²) in [6, 6.07) is 11.7. The van der Waals surface area contributed by atoms with E-state index in [4.69, 9.17) is 0 Å². The Balaban J connectivity index is 1.42. The number of aliphatic hydroxyl groups is 1. The Morgan fingerprint density at radius 3 is 2.44 bits per heavy atom. The number of hydrogen-bond donors (Lipinski definition) is 2. The molecule has 1 fully saturated rings. The first-order chi connectivity index (χ1) is 12.9. The van der Waals surface area contributed by atoms with E-state index in [1.165, 1.54) is 18.5 Å². The second kappa shape index (κ2) is 8.89. The zero-order chi connectivity index (χ0) is 19.3. The zero-order valence-electron chi connectivity index (χ0n) is 16.9. The highest BCUT2D eigenvalue weighted by molar-refractivity contribution is 5.51. The molecule has 3 rings (SSSR count). The lowest BCUT2D eigenvalue weighted by Crippen LogP contribution is -2.45. The second-order valence-electron chi connectivity index (χ2n) is 8.50. The SMILES string of the molecule is CC(CCCC(C)(C)O)NC1CCN(c2ccc(-n3cccn3)cc2)CC1. The van der Waals surface area contributed by atoms with Crippen LogP contribution in [0.1, 0.15) is 52.9 Å². The summed E-state index contributed by atoms with van der Waals surface area (Å²) in [7, 11) is 0. The second-order valence-corrected chi connectivity index (χ2v) is 8.50. The molecule has 0 radical (unpaired) electrons. The maximum absolute atomic E-state index is 9.83. The molecule has 1 aliphatic rings. The van der Waals surface area contributed by atoms with Gasteiger partial charge in [0.25, 0.3) is 0 Å². The average molecular weight is 371 g/mol. The van der Waals surface area contributed by atoms with E-state index in [1.54, 1.807) is 6.20 Å². The van der Waals surface area contributed by atoms with Gasteiger partial charge in [0, 0.05) is 43.3 Å². The first-order valence-corrected chi connectivity index (χ1v) is 10.2. The molecule has 0 amide bonds. The summed E-state index contributed by atoms with van der Waals surface area (Å²) in [5.74, 6) is 0. The fourth-order valence-corrected chi connectivity index (χ4v) is 3.87. The third kappa shape index (κ3) is 6.08. The average Bonchev–Trinajstić information content (AvgIpc) is 3.16. The van der Waals surface area contributed by atoms with Crippen LogP contribution in [0.3, 0.4) is 0 Å². The first kappa shape index (κ1) is 19.9. The van der Waals surface area contributed by atoms with Gasteiger partial charge in [-0.25, -0.2) is 4.68 Å². The van der Waals surface area contributed by atoms with E-state index in [0.717, 1.165) is 38.0 Å². The van der Waals surface area contributed by atoms with Gasteiger partial charge < -0.3 is 15.3 Å². The zero-order valence-corrected chi connectivity index (χ0v) is 16.9. The molecule has 1 unspecified atom stereocenters. The number of rotatable bonds is 8. The van der Waals surface area contributed by atoms with E-state index in [-0.39, 0.29) is 0 Å². The maximum atomic E-state index is 9.83. The highest BCUT2D eigenvalue weighted by atomic mass is 16.3. The molecule has 0 saturated carbocycles. The highest BCUT2D eigenvalue weighted by Crippen LogP contribution is 2.22. The summed E-state index contributed by atoms with van der Waals surface area (Å²) < 4.78 is 1.89. The van der Waals surface area contributed by atoms with Gasteiger partial charge >= 0.3 is 0 Å². The molecule has 2 aromatic rings. The van der Waals surface area contributed by atoms with E-state index >= 15 is 0 Å². The van der Waals surface area contributed by atoms with Crippen LogP contribution in [0.25, 0.3) is 5.69 Å². The molecule has 0 spiro atoms. The molecule has 0 bridgehead atoms. The topological polar surface area (TPSA) is 53.3 Å². The van der Waals surface area contributed by atoms with Gasteiger partial charge in [0.1, 0.15) is 0 Å². The predicted molar refractivity (Wildman–Crippen MR) is 112 cm³/mol. The van der Waals surface area contributed by atoms with Crippen molar-refractivity contribution in [1.29, 1.82) is 0 Å². The quantitative estimate of drug-likeness (QED) is 0.743. The van der Waals surface area contributed by atoms with Gasteiger partial charge in [-0.15, -0.1) is 0 Å². The van der Waals surface area contributed by atoms with Gasteiger partial charge in [0.2, 0.25) is 0 Å². The van der Waals surface area contributed by atoms with Crippen LogP contribution in [0.15, 0.2) is 42.7 Å². The van der Waals surface area contributed by atoms with Crippen molar-refractivity contribution in [3.05, 3.63) is 42.7 Å². The standard InChI is InChI=1S/C22H34N4O/c1-18(6-4-13-22(2,3)27)24-19-11-16-25(17-12-19)20-7-9-21(10-8-20)26-15-5-14-23-26/h5,7-10,14-15,18-19,24,27H,4,6,11-13,16-17H2,1-3H3. The molecule has 27 heavy (non-hydrogen) atoms. The van der Waals surface area contributed by atoms with Crippen molar-refractivity contribution in [3.63, 3.8) is 0 Å². The van der Waals surface area contributed by atoms with Crippen molar-refractivity contribution in [3.8, 4) is 5.69 Å². The molecule has 5 nitrogen and oxygen atoms in total. The molecule has 1 aromatic heterocycles. The largest absolute Gasteiger partial charge is 0.390 e. The highest BCUT2D eigenvalue weighted by Gasteiger charge is 2.21. The molecular formula is C22H34N4O. The molecule has 1 atom stereocenters. The van der Waals surface area contributed by atoms with Gasteiger partial charge in [0.15, 0.2) is 0 Å². The van der Waals surface area contributed by atoms with Crippen LogP contribution in [-0.4, -0.2) is 45.7 Å². The van der Waals surface area contributed by atoms with Crippen LogP contribution in [0.4, 0.5) is 5.69 Å². The lowest BCUT2D eigenvalue weighted by Gasteiger charge is -2.35. The monoisotopic (exact) mass is 370 g/mol. The predicted octanol–water partition coefficient (Wildman–Crippen LogP) is 3.76. The van der Waals surface area contributed by atoms with E-state index < -0.39 is 5.60 Å². The number of nitrogens with one attached hydrogen (secondary N) is 1. The molecule has 2 N–H and O–H groups in total. The van der Waals surface area contributed by atoms with E-state index in [1.807, 2.05) is 30.8 Å². The summed E-state index contributed by atoms with van der Waals surface area (Å²) in [6.45, 7) is 8.24. The third-order valence-corrected chi connectivity index (χ3v) is 5.42. The van der Waals surface area contributed by atoms with Crippen LogP contribution in [-0.2, 0) is 0 Å². The number of anilines is 1. The minimum atomic E-state index is -0.544. The van der Waals surface area contributed by atoms with Crippen LogP contribution in [0.2, 0.25) is 0 Å². The summed E-state index contributed by atoms with van der Waals surface area (Å²) in [5, 5.41) is 17.9. The van der Waals surface area contributed by atoms with E-state index in [0.29, 0.717) is 12.1 Å². The molecule has 1 aromatic carbocycles. The number of hydrogen-bond acceptors (Lipinski definition) is 4. The number of piperidine rings is 1. The van der Waals surface area contributed by atoms with E-state index in [2.05, 4.69) is 46.5 Å². The summed E-state index contributed by atoms with van der Waals surface area (Å²) >= 11 is 0. The molecule has 1 saturated heterocycles. The van der Waals surface area contributed by atoms with Gasteiger partial charge in [0.05, 0.1) is 11.3 Å². The number of aromatic nitrogens is 2. The Labute approximate surface area is 163 Å². The molecule has 5 heteroatoms. The van der Waals surface area contributed by atoms with Crippen molar-refractivity contribution < 1.29 is 5.11 Å². The summed E-state index contributed by atoms with van der Waals surface area (Å²) in [4.78, 5) is 2.48. The van der Waals surface area contributed by atoms with Crippen LogP contribution in [0.5, 0.6) is 0 Å². The Hall–Kier alpha value is -1.85. The Morgan fingerprint density at radius 2 is 1.85 bits per heavy atom. The normalized spacial score (nSPS) is 17.3. The number of nitrogens with zero attached hydrogens (tertiary/aromatic N) is 3. The van der Waals surface area contributed by atoms with Crippen molar-refractivity contribution >= 4 is 5.69 Å². The molecule has 2 heterocycles. The summed E-state index contributed by atoms with van der Waals surface area (Å²) in [6.07, 6.45) is 9.18. The van der Waals surface area contributed by atoms with E-state index in [9.17, 15) is 5.11 Å². The van der Waals surface area contributed by atoms with Gasteiger partial charge in [-0.2, -0.15) is 5.10 Å². The van der Waals surface area contributed by atoms with Crippen molar-refractivity contribution in [2.45, 2.75) is 70.6 Å². The summed E-state index contributed by atoms with van der Waals surface area (Å²) in [5.41, 5.74) is 1.85. The fraction of sp³-hybridized carbons (Fsp3) is 0.591. The lowest BCUT2D eigenvalue weighted by atomic mass is 9.98. The van der Waals surface area contributed by atoms with Gasteiger partial charge in [-0.1, -0.05) is 0 Å². The minimum Gasteiger partial charge on any atom is -0.390 e. The Morgan fingerprint density at radius 1 is 1.19 bits per heavy atom. The fourth-order valence-electron chi connectivity index (χ4n) is 3.87. The van der Waals surface area contributed by atoms with Crippen LogP contribution in [0, 0.1) is 0 Å². The molecule has 0 aliphatic carbocycles.